The van der Waals surface area contributed by atoms with Gasteiger partial charge in [0.25, 0.3) is 0 Å². The van der Waals surface area contributed by atoms with Crippen LogP contribution in [0.15, 0.2) is 53.2 Å². The molecule has 1 amide bonds. The first-order chi connectivity index (χ1) is 9.97. The number of hydrogen-bond acceptors (Lipinski definition) is 3. The molecule has 5 heteroatoms. The molecule has 1 atom stereocenters. The Morgan fingerprint density at radius 2 is 2.10 bits per heavy atom. The van der Waals surface area contributed by atoms with Crippen molar-refractivity contribution in [1.29, 1.82) is 0 Å². The molecule has 0 aliphatic heterocycles. The first kappa shape index (κ1) is 15.4. The molecule has 110 valence electrons. The zero-order valence-corrected chi connectivity index (χ0v) is 12.3. The van der Waals surface area contributed by atoms with Gasteiger partial charge in [-0.2, -0.15) is 0 Å². The normalized spacial score (nSPS) is 14.0. The lowest BCUT2D eigenvalue weighted by atomic mass is 10.0. The molecular formula is C16H16ClNO3. The largest absolute Gasteiger partial charge is 0.466 e. The maximum absolute atomic E-state index is 11.7. The van der Waals surface area contributed by atoms with Gasteiger partial charge >= 0.3 is 0 Å². The highest BCUT2D eigenvalue weighted by atomic mass is 35.5. The Labute approximate surface area is 128 Å². The zero-order chi connectivity index (χ0) is 15.3. The molecule has 0 aliphatic carbocycles. The molecule has 0 aliphatic rings. The average molecular weight is 306 g/mol. The molecule has 21 heavy (non-hydrogen) atoms. The third kappa shape index (κ3) is 4.48. The molecule has 2 aromatic rings. The summed E-state index contributed by atoms with van der Waals surface area (Å²) in [5.74, 6) is 0.112. The molecule has 0 radical (unpaired) electrons. The van der Waals surface area contributed by atoms with Gasteiger partial charge in [0.2, 0.25) is 5.91 Å². The Balaban J connectivity index is 1.89. The van der Waals surface area contributed by atoms with E-state index in [-0.39, 0.29) is 12.5 Å². The van der Waals surface area contributed by atoms with E-state index in [4.69, 9.17) is 16.0 Å². The van der Waals surface area contributed by atoms with Crippen molar-refractivity contribution in [2.75, 3.05) is 6.54 Å². The lowest BCUT2D eigenvalue weighted by molar-refractivity contribution is -0.117. The molecule has 4 nitrogen and oxygen atoms in total. The molecule has 1 heterocycles. The van der Waals surface area contributed by atoms with Crippen LogP contribution in [0.5, 0.6) is 0 Å². The summed E-state index contributed by atoms with van der Waals surface area (Å²) in [5, 5.41) is 13.5. The Hall–Kier alpha value is -2.04. The number of carbonyl (C=O) groups is 1. The number of hydrogen-bond donors (Lipinski definition) is 2. The minimum Gasteiger partial charge on any atom is -0.466 e. The van der Waals surface area contributed by atoms with Crippen LogP contribution < -0.4 is 5.32 Å². The van der Waals surface area contributed by atoms with E-state index >= 15 is 0 Å². The smallest absolute Gasteiger partial charge is 0.244 e. The molecule has 0 saturated carbocycles. The van der Waals surface area contributed by atoms with E-state index in [0.717, 1.165) is 5.56 Å². The molecule has 1 unspecified atom stereocenters. The summed E-state index contributed by atoms with van der Waals surface area (Å²) in [5.41, 5.74) is -0.375. The van der Waals surface area contributed by atoms with Gasteiger partial charge < -0.3 is 14.8 Å². The van der Waals surface area contributed by atoms with Crippen LogP contribution in [0.2, 0.25) is 5.02 Å². The summed E-state index contributed by atoms with van der Waals surface area (Å²) in [6.45, 7) is 1.64. The lowest BCUT2D eigenvalue weighted by Crippen LogP contribution is -2.37. The van der Waals surface area contributed by atoms with Gasteiger partial charge in [0, 0.05) is 11.1 Å². The highest BCUT2D eigenvalue weighted by Crippen LogP contribution is 2.19. The van der Waals surface area contributed by atoms with Crippen molar-refractivity contribution in [2.45, 2.75) is 12.5 Å². The van der Waals surface area contributed by atoms with Crippen LogP contribution in [0.3, 0.4) is 0 Å². The second kappa shape index (κ2) is 6.61. The summed E-state index contributed by atoms with van der Waals surface area (Å²) in [6, 6.07) is 10.5. The Morgan fingerprint density at radius 1 is 1.38 bits per heavy atom. The number of benzene rings is 1. The summed E-state index contributed by atoms with van der Waals surface area (Å²) in [6.07, 6.45) is 4.56. The van der Waals surface area contributed by atoms with E-state index in [1.54, 1.807) is 37.3 Å². The minimum atomic E-state index is -1.24. The van der Waals surface area contributed by atoms with Crippen LogP contribution in [-0.4, -0.2) is 17.6 Å². The number of carbonyl (C=O) groups excluding carboxylic acids is 1. The molecular weight excluding hydrogens is 290 g/mol. The van der Waals surface area contributed by atoms with Crippen LogP contribution in [0.25, 0.3) is 6.08 Å². The number of nitrogens with one attached hydrogen (secondary N) is 1. The van der Waals surface area contributed by atoms with Crippen molar-refractivity contribution in [2.24, 2.45) is 0 Å². The van der Waals surface area contributed by atoms with Gasteiger partial charge in [-0.1, -0.05) is 23.7 Å². The molecule has 1 aromatic heterocycles. The van der Waals surface area contributed by atoms with Gasteiger partial charge in [0.15, 0.2) is 0 Å². The van der Waals surface area contributed by atoms with Crippen LogP contribution in [0.1, 0.15) is 18.2 Å². The van der Waals surface area contributed by atoms with E-state index in [0.29, 0.717) is 10.8 Å². The van der Waals surface area contributed by atoms with Crippen LogP contribution in [-0.2, 0) is 10.4 Å². The van der Waals surface area contributed by atoms with Gasteiger partial charge in [0.05, 0.1) is 12.8 Å². The second-order valence-corrected chi connectivity index (χ2v) is 5.29. The number of rotatable bonds is 5. The number of aliphatic hydroxyl groups is 1. The standard InChI is InChI=1S/C16H16ClNO3/c1-16(20,14-3-2-10-21-14)11-18-15(19)9-6-12-4-7-13(17)8-5-12/h2-10,20H,11H2,1H3,(H,18,19). The van der Waals surface area contributed by atoms with E-state index in [1.807, 2.05) is 12.1 Å². The van der Waals surface area contributed by atoms with Gasteiger partial charge in [-0.25, -0.2) is 0 Å². The predicted octanol–water partition coefficient (Wildman–Crippen LogP) is 2.97. The summed E-state index contributed by atoms with van der Waals surface area (Å²) in [4.78, 5) is 11.7. The summed E-state index contributed by atoms with van der Waals surface area (Å²) >= 11 is 5.78. The van der Waals surface area contributed by atoms with Crippen molar-refractivity contribution in [1.82, 2.24) is 5.32 Å². The second-order valence-electron chi connectivity index (χ2n) is 4.85. The molecule has 2 N–H and O–H groups in total. The van der Waals surface area contributed by atoms with E-state index in [1.165, 1.54) is 12.3 Å². The van der Waals surface area contributed by atoms with Crippen molar-refractivity contribution in [3.8, 4) is 0 Å². The molecule has 0 bridgehead atoms. The molecule has 0 fully saturated rings. The van der Waals surface area contributed by atoms with Crippen molar-refractivity contribution in [3.63, 3.8) is 0 Å². The summed E-state index contributed by atoms with van der Waals surface area (Å²) < 4.78 is 5.14. The number of amides is 1. The predicted molar refractivity (Wildman–Crippen MR) is 81.8 cm³/mol. The van der Waals surface area contributed by atoms with Crippen LogP contribution in [0.4, 0.5) is 0 Å². The fourth-order valence-corrected chi connectivity index (χ4v) is 1.86. The van der Waals surface area contributed by atoms with Gasteiger partial charge in [-0.3, -0.25) is 4.79 Å². The van der Waals surface area contributed by atoms with Crippen LogP contribution >= 0.6 is 11.6 Å². The first-order valence-electron chi connectivity index (χ1n) is 6.45. The summed E-state index contributed by atoms with van der Waals surface area (Å²) in [7, 11) is 0. The molecule has 1 aromatic carbocycles. The van der Waals surface area contributed by atoms with Crippen molar-refractivity contribution < 1.29 is 14.3 Å². The molecule has 0 saturated heterocycles. The number of furan rings is 1. The third-order valence-electron chi connectivity index (χ3n) is 2.96. The Morgan fingerprint density at radius 3 is 2.71 bits per heavy atom. The van der Waals surface area contributed by atoms with E-state index < -0.39 is 5.60 Å². The Kier molecular flexibility index (Phi) is 4.83. The molecule has 0 spiro atoms. The SMILES string of the molecule is CC(O)(CNC(=O)C=Cc1ccc(Cl)cc1)c1ccco1. The third-order valence-corrected chi connectivity index (χ3v) is 3.21. The number of halogens is 1. The van der Waals surface area contributed by atoms with Gasteiger partial charge in [-0.15, -0.1) is 0 Å². The van der Waals surface area contributed by atoms with E-state index in [2.05, 4.69) is 5.32 Å². The van der Waals surface area contributed by atoms with Crippen molar-refractivity contribution >= 4 is 23.6 Å². The quantitative estimate of drug-likeness (QED) is 0.835. The lowest BCUT2D eigenvalue weighted by Gasteiger charge is -2.20. The highest BCUT2D eigenvalue weighted by Gasteiger charge is 2.26. The molecule has 2 rings (SSSR count). The van der Waals surface area contributed by atoms with E-state index in [9.17, 15) is 9.90 Å². The highest BCUT2D eigenvalue weighted by molar-refractivity contribution is 6.30. The first-order valence-corrected chi connectivity index (χ1v) is 6.83. The fourth-order valence-electron chi connectivity index (χ4n) is 1.74. The maximum Gasteiger partial charge on any atom is 0.244 e. The van der Waals surface area contributed by atoms with Crippen LogP contribution in [0, 0.1) is 0 Å². The maximum atomic E-state index is 11.7. The topological polar surface area (TPSA) is 62.5 Å². The fraction of sp³-hybridized carbons (Fsp3) is 0.188. The van der Waals surface area contributed by atoms with Crippen molar-refractivity contribution in [3.05, 3.63) is 65.1 Å². The van der Waals surface area contributed by atoms with Gasteiger partial charge in [-0.05, 0) is 42.8 Å². The average Bonchev–Trinajstić information content (AvgIpc) is 3.00. The minimum absolute atomic E-state index is 0.0598. The monoisotopic (exact) mass is 305 g/mol. The van der Waals surface area contributed by atoms with Gasteiger partial charge in [0.1, 0.15) is 11.4 Å². The Bertz CT molecular complexity index is 615. The zero-order valence-electron chi connectivity index (χ0n) is 11.5.